The highest BCUT2D eigenvalue weighted by atomic mass is 32.2. The molecule has 3 nitrogen and oxygen atoms in total. The number of ether oxygens (including phenoxy) is 1. The highest BCUT2D eigenvalue weighted by Gasteiger charge is 1.93. The number of anilines is 1. The maximum absolute atomic E-state index is 5.47. The van der Waals surface area contributed by atoms with Crippen molar-refractivity contribution in [2.75, 3.05) is 25.2 Å². The van der Waals surface area contributed by atoms with Gasteiger partial charge in [0.1, 0.15) is 5.82 Å². The smallest absolute Gasteiger partial charge is 0.123 e. The summed E-state index contributed by atoms with van der Waals surface area (Å²) in [5, 5.41) is 0. The summed E-state index contributed by atoms with van der Waals surface area (Å²) < 4.78 is 4.94. The Morgan fingerprint density at radius 2 is 2.38 bits per heavy atom. The van der Waals surface area contributed by atoms with Gasteiger partial charge in [0.15, 0.2) is 0 Å². The maximum Gasteiger partial charge on any atom is 0.123 e. The summed E-state index contributed by atoms with van der Waals surface area (Å²) >= 11 is 1.83. The van der Waals surface area contributed by atoms with E-state index in [1.807, 2.05) is 30.1 Å². The first-order valence-electron chi connectivity index (χ1n) is 4.10. The van der Waals surface area contributed by atoms with Crippen LogP contribution in [0.5, 0.6) is 0 Å². The van der Waals surface area contributed by atoms with Crippen LogP contribution in [0.3, 0.4) is 0 Å². The maximum atomic E-state index is 5.47. The van der Waals surface area contributed by atoms with Crippen LogP contribution in [0.15, 0.2) is 18.3 Å². The fourth-order valence-electron chi connectivity index (χ4n) is 0.854. The van der Waals surface area contributed by atoms with E-state index in [9.17, 15) is 0 Å². The third-order valence-corrected chi connectivity index (χ3v) is 2.54. The summed E-state index contributed by atoms with van der Waals surface area (Å²) in [6.45, 7) is 0.799. The molecule has 72 valence electrons. The van der Waals surface area contributed by atoms with Crippen LogP contribution < -0.4 is 5.73 Å². The second kappa shape index (κ2) is 5.83. The topological polar surface area (TPSA) is 48.1 Å². The molecule has 1 rings (SSSR count). The second-order valence-corrected chi connectivity index (χ2v) is 3.74. The number of rotatable bonds is 5. The summed E-state index contributed by atoms with van der Waals surface area (Å²) in [4.78, 5) is 4.01. The first-order chi connectivity index (χ1) is 6.33. The number of pyridine rings is 1. The molecule has 1 aromatic heterocycles. The average Bonchev–Trinajstić information content (AvgIpc) is 2.15. The molecule has 1 heterocycles. The van der Waals surface area contributed by atoms with Gasteiger partial charge in [-0.3, -0.25) is 0 Å². The van der Waals surface area contributed by atoms with Crippen molar-refractivity contribution in [3.8, 4) is 0 Å². The predicted molar refractivity (Wildman–Crippen MR) is 56.7 cm³/mol. The van der Waals surface area contributed by atoms with E-state index in [0.29, 0.717) is 5.82 Å². The second-order valence-electron chi connectivity index (χ2n) is 2.64. The van der Waals surface area contributed by atoms with Crippen LogP contribution in [0, 0.1) is 0 Å². The number of nitrogens with zero attached hydrogens (tertiary/aromatic N) is 1. The van der Waals surface area contributed by atoms with Gasteiger partial charge in [-0.2, -0.15) is 11.8 Å². The third-order valence-electron chi connectivity index (χ3n) is 1.55. The molecule has 0 aliphatic carbocycles. The number of thioether (sulfide) groups is 1. The minimum atomic E-state index is 0.575. The number of nitrogen functional groups attached to an aromatic ring is 1. The lowest BCUT2D eigenvalue weighted by Gasteiger charge is -2.00. The molecule has 0 spiro atoms. The molecule has 0 fully saturated rings. The van der Waals surface area contributed by atoms with Gasteiger partial charge in [0, 0.05) is 24.8 Å². The summed E-state index contributed by atoms with van der Waals surface area (Å²) in [6, 6.07) is 3.83. The first kappa shape index (κ1) is 10.3. The molecule has 0 aliphatic rings. The Labute approximate surface area is 82.7 Å². The van der Waals surface area contributed by atoms with E-state index >= 15 is 0 Å². The van der Waals surface area contributed by atoms with E-state index in [2.05, 4.69) is 4.98 Å². The summed E-state index contributed by atoms with van der Waals surface area (Å²) in [6.07, 6.45) is 1.81. The standard InChI is InChI=1S/C9H14N2OS/c1-12-4-5-13-7-8-2-3-9(10)11-6-8/h2-3,6H,4-5,7H2,1H3,(H2,10,11). The molecule has 0 saturated carbocycles. The largest absolute Gasteiger partial charge is 0.384 e. The molecule has 0 atom stereocenters. The van der Waals surface area contributed by atoms with Gasteiger partial charge in [-0.1, -0.05) is 6.07 Å². The molecule has 13 heavy (non-hydrogen) atoms. The SMILES string of the molecule is COCCSCc1ccc(N)nc1. The van der Waals surface area contributed by atoms with Gasteiger partial charge in [0.2, 0.25) is 0 Å². The summed E-state index contributed by atoms with van der Waals surface area (Å²) in [5.41, 5.74) is 6.67. The molecule has 0 saturated heterocycles. The molecule has 0 bridgehead atoms. The van der Waals surface area contributed by atoms with Crippen LogP contribution in [-0.2, 0) is 10.5 Å². The van der Waals surface area contributed by atoms with Gasteiger partial charge < -0.3 is 10.5 Å². The van der Waals surface area contributed by atoms with Crippen molar-refractivity contribution in [3.05, 3.63) is 23.9 Å². The van der Waals surface area contributed by atoms with Gasteiger partial charge in [-0.15, -0.1) is 0 Å². The van der Waals surface area contributed by atoms with Gasteiger partial charge in [-0.25, -0.2) is 4.98 Å². The Morgan fingerprint density at radius 1 is 1.54 bits per heavy atom. The molecule has 0 amide bonds. The Kier molecular flexibility index (Phi) is 4.64. The Hall–Kier alpha value is -0.740. The predicted octanol–water partition coefficient (Wildman–Crippen LogP) is 1.54. The van der Waals surface area contributed by atoms with E-state index < -0.39 is 0 Å². The van der Waals surface area contributed by atoms with Crippen LogP contribution in [0.1, 0.15) is 5.56 Å². The van der Waals surface area contributed by atoms with Gasteiger partial charge in [-0.05, 0) is 11.6 Å². The fraction of sp³-hybridized carbons (Fsp3) is 0.444. The molecular formula is C9H14N2OS. The number of hydrogen-bond donors (Lipinski definition) is 1. The Morgan fingerprint density at radius 3 is 3.00 bits per heavy atom. The van der Waals surface area contributed by atoms with E-state index in [1.165, 1.54) is 5.56 Å². The highest BCUT2D eigenvalue weighted by Crippen LogP contribution is 2.11. The zero-order chi connectivity index (χ0) is 9.52. The summed E-state index contributed by atoms with van der Waals surface area (Å²) in [7, 11) is 1.71. The first-order valence-corrected chi connectivity index (χ1v) is 5.25. The van der Waals surface area contributed by atoms with Crippen molar-refractivity contribution < 1.29 is 4.74 Å². The van der Waals surface area contributed by atoms with Gasteiger partial charge >= 0.3 is 0 Å². The van der Waals surface area contributed by atoms with E-state index in [0.717, 1.165) is 18.1 Å². The monoisotopic (exact) mass is 198 g/mol. The van der Waals surface area contributed by atoms with Crippen LogP contribution >= 0.6 is 11.8 Å². The Balaban J connectivity index is 2.25. The lowest BCUT2D eigenvalue weighted by atomic mass is 10.3. The van der Waals surface area contributed by atoms with Crippen LogP contribution in [0.4, 0.5) is 5.82 Å². The fourth-order valence-corrected chi connectivity index (χ4v) is 1.69. The molecule has 4 heteroatoms. The van der Waals surface area contributed by atoms with Crippen molar-refractivity contribution in [2.45, 2.75) is 5.75 Å². The lowest BCUT2D eigenvalue weighted by Crippen LogP contribution is -1.93. The Bertz CT molecular complexity index is 238. The van der Waals surface area contributed by atoms with Crippen molar-refractivity contribution in [2.24, 2.45) is 0 Å². The average molecular weight is 198 g/mol. The van der Waals surface area contributed by atoms with Crippen LogP contribution in [0.2, 0.25) is 0 Å². The zero-order valence-electron chi connectivity index (χ0n) is 7.69. The number of aromatic nitrogens is 1. The van der Waals surface area contributed by atoms with Gasteiger partial charge in [0.05, 0.1) is 6.61 Å². The molecule has 0 aromatic carbocycles. The number of nitrogens with two attached hydrogens (primary N) is 1. The van der Waals surface area contributed by atoms with Crippen molar-refractivity contribution >= 4 is 17.6 Å². The van der Waals surface area contributed by atoms with E-state index in [-0.39, 0.29) is 0 Å². The normalized spacial score (nSPS) is 10.2. The number of methoxy groups -OCH3 is 1. The lowest BCUT2D eigenvalue weighted by molar-refractivity contribution is 0.218. The molecule has 0 aliphatic heterocycles. The minimum Gasteiger partial charge on any atom is -0.384 e. The molecule has 2 N–H and O–H groups in total. The van der Waals surface area contributed by atoms with Crippen molar-refractivity contribution in [3.63, 3.8) is 0 Å². The van der Waals surface area contributed by atoms with Gasteiger partial charge in [0.25, 0.3) is 0 Å². The van der Waals surface area contributed by atoms with E-state index in [1.54, 1.807) is 7.11 Å². The third kappa shape index (κ3) is 4.15. The minimum absolute atomic E-state index is 0.575. The molecule has 0 radical (unpaired) electrons. The number of hydrogen-bond acceptors (Lipinski definition) is 4. The van der Waals surface area contributed by atoms with Crippen molar-refractivity contribution in [1.82, 2.24) is 4.98 Å². The van der Waals surface area contributed by atoms with Crippen LogP contribution in [0.25, 0.3) is 0 Å². The zero-order valence-corrected chi connectivity index (χ0v) is 8.51. The van der Waals surface area contributed by atoms with E-state index in [4.69, 9.17) is 10.5 Å². The van der Waals surface area contributed by atoms with Crippen molar-refractivity contribution in [1.29, 1.82) is 0 Å². The molecule has 1 aromatic rings. The molecular weight excluding hydrogens is 184 g/mol. The highest BCUT2D eigenvalue weighted by molar-refractivity contribution is 7.98. The quantitative estimate of drug-likeness (QED) is 0.729. The van der Waals surface area contributed by atoms with Crippen LogP contribution in [-0.4, -0.2) is 24.5 Å². The molecule has 0 unspecified atom stereocenters. The summed E-state index contributed by atoms with van der Waals surface area (Å²) in [5.74, 6) is 2.56.